The smallest absolute Gasteiger partial charge is 0.313 e. The molecule has 0 radical (unpaired) electrons. The van der Waals surface area contributed by atoms with Crippen LogP contribution in [0.3, 0.4) is 0 Å². The molecule has 0 saturated heterocycles. The van der Waals surface area contributed by atoms with Crippen LogP contribution in [0, 0.1) is 5.41 Å². The van der Waals surface area contributed by atoms with E-state index in [0.29, 0.717) is 5.56 Å². The summed E-state index contributed by atoms with van der Waals surface area (Å²) in [4.78, 5) is 11.6. The van der Waals surface area contributed by atoms with E-state index >= 15 is 0 Å². The zero-order valence-corrected chi connectivity index (χ0v) is 10.1. The first kappa shape index (κ1) is 13.3. The Labute approximate surface area is 99.8 Å². The summed E-state index contributed by atoms with van der Waals surface area (Å²) in [7, 11) is 1.28. The fourth-order valence-corrected chi connectivity index (χ4v) is 1.57. The van der Waals surface area contributed by atoms with Gasteiger partial charge in [-0.25, -0.2) is 0 Å². The van der Waals surface area contributed by atoms with Crippen LogP contribution in [-0.4, -0.2) is 23.3 Å². The normalized spacial score (nSPS) is 13.2. The Hall–Kier alpha value is -1.75. The Morgan fingerprint density at radius 1 is 1.41 bits per heavy atom. The second-order valence-corrected chi connectivity index (χ2v) is 4.43. The molecule has 1 rings (SSSR count). The molecule has 0 aliphatic carbocycles. The highest BCUT2D eigenvalue weighted by atomic mass is 16.5. The molecule has 0 unspecified atom stereocenters. The van der Waals surface area contributed by atoms with Gasteiger partial charge in [-0.2, -0.15) is 0 Å². The van der Waals surface area contributed by atoms with Gasteiger partial charge in [-0.1, -0.05) is 0 Å². The van der Waals surface area contributed by atoms with Gasteiger partial charge >= 0.3 is 5.97 Å². The molecule has 1 aromatic carbocycles. The molecule has 1 atom stereocenters. The summed E-state index contributed by atoms with van der Waals surface area (Å²) in [6.45, 7) is 3.24. The van der Waals surface area contributed by atoms with Gasteiger partial charge in [0, 0.05) is 11.6 Å². The number of aromatic hydroxyl groups is 2. The largest absolute Gasteiger partial charge is 0.508 e. The molecule has 0 spiro atoms. The lowest BCUT2D eigenvalue weighted by molar-refractivity contribution is -0.152. The molecule has 17 heavy (non-hydrogen) atoms. The van der Waals surface area contributed by atoms with Crippen LogP contribution in [0.25, 0.3) is 0 Å². The highest BCUT2D eigenvalue weighted by molar-refractivity contribution is 5.77. The maximum Gasteiger partial charge on any atom is 0.313 e. The van der Waals surface area contributed by atoms with Gasteiger partial charge < -0.3 is 20.7 Å². The molecule has 0 fully saturated rings. The van der Waals surface area contributed by atoms with Crippen molar-refractivity contribution < 1.29 is 19.7 Å². The van der Waals surface area contributed by atoms with Gasteiger partial charge in [-0.05, 0) is 32.0 Å². The zero-order valence-electron chi connectivity index (χ0n) is 10.1. The van der Waals surface area contributed by atoms with Crippen LogP contribution in [-0.2, 0) is 9.53 Å². The Morgan fingerprint density at radius 3 is 2.53 bits per heavy atom. The third-order valence-electron chi connectivity index (χ3n) is 2.84. The fraction of sp³-hybridized carbons (Fsp3) is 0.417. The molecule has 1 aromatic rings. The molecule has 5 nitrogen and oxygen atoms in total. The SMILES string of the molecule is COC(=O)C(C)(C)[C@@H](N)c1cc(O)ccc1O. The Morgan fingerprint density at radius 2 is 2.00 bits per heavy atom. The molecular weight excluding hydrogens is 222 g/mol. The summed E-state index contributed by atoms with van der Waals surface area (Å²) in [6, 6.07) is 3.24. The van der Waals surface area contributed by atoms with E-state index in [-0.39, 0.29) is 11.5 Å². The monoisotopic (exact) mass is 239 g/mol. The van der Waals surface area contributed by atoms with Gasteiger partial charge in [-0.15, -0.1) is 0 Å². The van der Waals surface area contributed by atoms with Crippen molar-refractivity contribution in [1.29, 1.82) is 0 Å². The number of phenolic OH excluding ortho intramolecular Hbond substituents is 2. The third kappa shape index (κ3) is 2.50. The molecule has 94 valence electrons. The van der Waals surface area contributed by atoms with Crippen molar-refractivity contribution in [3.63, 3.8) is 0 Å². The maximum atomic E-state index is 11.6. The number of ether oxygens (including phenoxy) is 1. The predicted molar refractivity (Wildman–Crippen MR) is 62.5 cm³/mol. The van der Waals surface area contributed by atoms with Crippen LogP contribution in [0.2, 0.25) is 0 Å². The number of esters is 1. The molecule has 4 N–H and O–H groups in total. The van der Waals surface area contributed by atoms with Gasteiger partial charge in [0.2, 0.25) is 0 Å². The van der Waals surface area contributed by atoms with Gasteiger partial charge in [0.05, 0.1) is 12.5 Å². The number of rotatable bonds is 3. The molecule has 0 aromatic heterocycles. The van der Waals surface area contributed by atoms with E-state index < -0.39 is 17.4 Å². The molecule has 0 heterocycles. The van der Waals surface area contributed by atoms with Crippen molar-refractivity contribution in [2.45, 2.75) is 19.9 Å². The zero-order chi connectivity index (χ0) is 13.2. The lowest BCUT2D eigenvalue weighted by Crippen LogP contribution is -2.37. The van der Waals surface area contributed by atoms with Crippen LogP contribution >= 0.6 is 0 Å². The summed E-state index contributed by atoms with van der Waals surface area (Å²) in [6.07, 6.45) is 0. The summed E-state index contributed by atoms with van der Waals surface area (Å²) in [5.74, 6) is -0.561. The van der Waals surface area contributed by atoms with Gasteiger partial charge in [-0.3, -0.25) is 4.79 Å². The first-order chi connectivity index (χ1) is 7.80. The number of methoxy groups -OCH3 is 1. The number of carbonyl (C=O) groups excluding carboxylic acids is 1. The lowest BCUT2D eigenvalue weighted by Gasteiger charge is -2.29. The van der Waals surface area contributed by atoms with Crippen molar-refractivity contribution in [3.05, 3.63) is 23.8 Å². The van der Waals surface area contributed by atoms with Crippen molar-refractivity contribution in [2.24, 2.45) is 11.1 Å². The average molecular weight is 239 g/mol. The van der Waals surface area contributed by atoms with Crippen molar-refractivity contribution in [2.75, 3.05) is 7.11 Å². The quantitative estimate of drug-likeness (QED) is 0.546. The van der Waals surface area contributed by atoms with Crippen molar-refractivity contribution in [3.8, 4) is 11.5 Å². The molecule has 0 bridgehead atoms. The second-order valence-electron chi connectivity index (χ2n) is 4.43. The Kier molecular flexibility index (Phi) is 3.63. The molecule has 0 aliphatic rings. The summed E-state index contributed by atoms with van der Waals surface area (Å²) in [5.41, 5.74) is 5.25. The number of hydrogen-bond acceptors (Lipinski definition) is 5. The summed E-state index contributed by atoms with van der Waals surface area (Å²) < 4.78 is 4.66. The molecule has 0 saturated carbocycles. The first-order valence-electron chi connectivity index (χ1n) is 5.16. The Balaban J connectivity index is 3.15. The Bertz CT molecular complexity index is 429. The van der Waals surface area contributed by atoms with E-state index in [2.05, 4.69) is 4.74 Å². The number of benzene rings is 1. The lowest BCUT2D eigenvalue weighted by atomic mass is 9.80. The number of nitrogens with two attached hydrogens (primary N) is 1. The molecule has 0 aliphatic heterocycles. The standard InChI is InChI=1S/C12H17NO4/c1-12(2,11(16)17-3)10(13)8-6-7(14)4-5-9(8)15/h4-6,10,14-15H,13H2,1-3H3/t10-/m0/s1. The number of carbonyl (C=O) groups is 1. The van der Waals surface area contributed by atoms with Crippen LogP contribution in [0.15, 0.2) is 18.2 Å². The highest BCUT2D eigenvalue weighted by Crippen LogP contribution is 2.37. The van der Waals surface area contributed by atoms with Crippen LogP contribution in [0.4, 0.5) is 0 Å². The van der Waals surface area contributed by atoms with E-state index in [1.807, 2.05) is 0 Å². The van der Waals surface area contributed by atoms with Crippen LogP contribution in [0.1, 0.15) is 25.5 Å². The fourth-order valence-electron chi connectivity index (χ4n) is 1.57. The van der Waals surface area contributed by atoms with E-state index in [1.54, 1.807) is 13.8 Å². The van der Waals surface area contributed by atoms with E-state index in [0.717, 1.165) is 0 Å². The first-order valence-corrected chi connectivity index (χ1v) is 5.16. The second kappa shape index (κ2) is 4.63. The van der Waals surface area contributed by atoms with Crippen molar-refractivity contribution in [1.82, 2.24) is 0 Å². The van der Waals surface area contributed by atoms with Gasteiger partial charge in [0.15, 0.2) is 0 Å². The van der Waals surface area contributed by atoms with Gasteiger partial charge in [0.1, 0.15) is 11.5 Å². The molecule has 5 heteroatoms. The van der Waals surface area contributed by atoms with Crippen LogP contribution < -0.4 is 5.73 Å². The third-order valence-corrected chi connectivity index (χ3v) is 2.84. The van der Waals surface area contributed by atoms with Crippen molar-refractivity contribution >= 4 is 5.97 Å². The summed E-state index contributed by atoms with van der Waals surface area (Å²) in [5, 5.41) is 19.0. The van der Waals surface area contributed by atoms with E-state index in [1.165, 1.54) is 25.3 Å². The molecular formula is C12H17NO4. The highest BCUT2D eigenvalue weighted by Gasteiger charge is 2.37. The van der Waals surface area contributed by atoms with Crippen LogP contribution in [0.5, 0.6) is 11.5 Å². The van der Waals surface area contributed by atoms with Gasteiger partial charge in [0.25, 0.3) is 0 Å². The minimum Gasteiger partial charge on any atom is -0.508 e. The minimum absolute atomic E-state index is 0.0195. The molecule has 0 amide bonds. The number of hydrogen-bond donors (Lipinski definition) is 3. The summed E-state index contributed by atoms with van der Waals surface area (Å²) >= 11 is 0. The van der Waals surface area contributed by atoms with E-state index in [9.17, 15) is 15.0 Å². The maximum absolute atomic E-state index is 11.6. The van der Waals surface area contributed by atoms with E-state index in [4.69, 9.17) is 5.73 Å². The average Bonchev–Trinajstić information content (AvgIpc) is 2.30. The predicted octanol–water partition coefficient (Wildman–Crippen LogP) is 1.30. The topological polar surface area (TPSA) is 92.8 Å². The number of phenols is 2. The minimum atomic E-state index is -1.000.